The predicted octanol–water partition coefficient (Wildman–Crippen LogP) is 3.63. The first-order chi connectivity index (χ1) is 9.11. The molecule has 4 nitrogen and oxygen atoms in total. The highest BCUT2D eigenvalue weighted by molar-refractivity contribution is 6.32. The van der Waals surface area contributed by atoms with Crippen molar-refractivity contribution < 1.29 is 4.79 Å². The number of rotatable bonds is 3. The highest BCUT2D eigenvalue weighted by Gasteiger charge is 2.22. The molecule has 2 atom stereocenters. The van der Waals surface area contributed by atoms with Gasteiger partial charge in [0, 0.05) is 6.04 Å². The molecular formula is C14H20ClN3O. The fraction of sp³-hybridized carbons (Fsp3) is 0.643. The van der Waals surface area contributed by atoms with Crippen LogP contribution in [-0.2, 0) is 0 Å². The Balaban J connectivity index is 2.24. The molecule has 0 amide bonds. The van der Waals surface area contributed by atoms with Crippen molar-refractivity contribution in [3.63, 3.8) is 0 Å². The number of hydrogen-bond donors (Lipinski definition) is 1. The van der Waals surface area contributed by atoms with Gasteiger partial charge in [0.1, 0.15) is 16.8 Å². The van der Waals surface area contributed by atoms with Gasteiger partial charge in [0.2, 0.25) is 0 Å². The molecule has 1 aliphatic carbocycles. The molecule has 2 unspecified atom stereocenters. The van der Waals surface area contributed by atoms with Gasteiger partial charge in [0.05, 0.1) is 5.56 Å². The lowest BCUT2D eigenvalue weighted by atomic mass is 9.97. The number of nitrogens with one attached hydrogen (secondary N) is 1. The summed E-state index contributed by atoms with van der Waals surface area (Å²) in [5.41, 5.74) is 0.365. The number of aryl methyl sites for hydroxylation is 1. The maximum absolute atomic E-state index is 11.1. The van der Waals surface area contributed by atoms with E-state index in [9.17, 15) is 4.79 Å². The van der Waals surface area contributed by atoms with E-state index in [-0.39, 0.29) is 5.15 Å². The van der Waals surface area contributed by atoms with Crippen LogP contribution in [0.1, 0.15) is 55.2 Å². The first-order valence-corrected chi connectivity index (χ1v) is 7.25. The SMILES string of the molecule is Cc1nc(Cl)c(C=O)c(NC2CCCCCC2C)n1. The van der Waals surface area contributed by atoms with Crippen molar-refractivity contribution in [1.29, 1.82) is 0 Å². The molecule has 1 aromatic heterocycles. The van der Waals surface area contributed by atoms with Crippen molar-refractivity contribution in [2.24, 2.45) is 5.92 Å². The second-order valence-electron chi connectivity index (χ2n) is 5.31. The van der Waals surface area contributed by atoms with Gasteiger partial charge in [-0.1, -0.05) is 37.8 Å². The summed E-state index contributed by atoms with van der Waals surface area (Å²) in [6.45, 7) is 4.03. The topological polar surface area (TPSA) is 54.9 Å². The Labute approximate surface area is 119 Å². The molecule has 19 heavy (non-hydrogen) atoms. The Bertz CT molecular complexity index is 464. The van der Waals surface area contributed by atoms with Crippen molar-refractivity contribution in [3.8, 4) is 0 Å². The lowest BCUT2D eigenvalue weighted by Crippen LogP contribution is -2.27. The number of aldehydes is 1. The molecule has 5 heteroatoms. The summed E-state index contributed by atoms with van der Waals surface area (Å²) in [6.07, 6.45) is 6.84. The summed E-state index contributed by atoms with van der Waals surface area (Å²) >= 11 is 6.00. The molecule has 0 saturated heterocycles. The molecule has 1 N–H and O–H groups in total. The minimum atomic E-state index is 0.228. The van der Waals surface area contributed by atoms with Crippen molar-refractivity contribution >= 4 is 23.7 Å². The standard InChI is InChI=1S/C14H20ClN3O/c1-9-6-4-3-5-7-12(9)18-14-11(8-19)13(15)16-10(2)17-14/h8-9,12H,3-7H2,1-2H3,(H,16,17,18). The smallest absolute Gasteiger partial charge is 0.156 e. The van der Waals surface area contributed by atoms with Crippen LogP contribution in [0.4, 0.5) is 5.82 Å². The molecule has 0 bridgehead atoms. The van der Waals surface area contributed by atoms with Crippen molar-refractivity contribution in [2.45, 2.75) is 52.0 Å². The predicted molar refractivity (Wildman–Crippen MR) is 76.8 cm³/mol. The number of nitrogens with zero attached hydrogens (tertiary/aromatic N) is 2. The maximum Gasteiger partial charge on any atom is 0.156 e. The van der Waals surface area contributed by atoms with Crippen LogP contribution in [0.25, 0.3) is 0 Å². The molecule has 0 aromatic carbocycles. The van der Waals surface area contributed by atoms with E-state index < -0.39 is 0 Å². The summed E-state index contributed by atoms with van der Waals surface area (Å²) in [4.78, 5) is 19.5. The maximum atomic E-state index is 11.1. The number of aromatic nitrogens is 2. The van der Waals surface area contributed by atoms with E-state index in [2.05, 4.69) is 22.2 Å². The van der Waals surface area contributed by atoms with Crippen LogP contribution in [0.15, 0.2) is 0 Å². The minimum Gasteiger partial charge on any atom is -0.366 e. The number of carbonyl (C=O) groups excluding carboxylic acids is 1. The van der Waals surface area contributed by atoms with E-state index in [1.54, 1.807) is 6.92 Å². The van der Waals surface area contributed by atoms with Crippen LogP contribution >= 0.6 is 11.6 Å². The zero-order chi connectivity index (χ0) is 13.8. The van der Waals surface area contributed by atoms with Gasteiger partial charge in [0.15, 0.2) is 6.29 Å². The molecule has 1 aliphatic rings. The fourth-order valence-electron chi connectivity index (χ4n) is 2.64. The van der Waals surface area contributed by atoms with Crippen LogP contribution in [0.5, 0.6) is 0 Å². The van der Waals surface area contributed by atoms with E-state index >= 15 is 0 Å². The first-order valence-electron chi connectivity index (χ1n) is 6.87. The van der Waals surface area contributed by atoms with Gasteiger partial charge in [-0.3, -0.25) is 4.79 Å². The summed E-state index contributed by atoms with van der Waals surface area (Å²) in [5, 5.41) is 3.63. The molecule has 0 radical (unpaired) electrons. The minimum absolute atomic E-state index is 0.228. The van der Waals surface area contributed by atoms with E-state index in [1.807, 2.05) is 0 Å². The lowest BCUT2D eigenvalue weighted by Gasteiger charge is -2.24. The highest BCUT2D eigenvalue weighted by atomic mass is 35.5. The van der Waals surface area contributed by atoms with Crippen LogP contribution in [0.3, 0.4) is 0 Å². The number of anilines is 1. The lowest BCUT2D eigenvalue weighted by molar-refractivity contribution is 0.112. The first kappa shape index (κ1) is 14.3. The van der Waals surface area contributed by atoms with E-state index in [0.29, 0.717) is 29.2 Å². The summed E-state index contributed by atoms with van der Waals surface area (Å²) < 4.78 is 0. The Morgan fingerprint density at radius 1 is 1.26 bits per heavy atom. The van der Waals surface area contributed by atoms with Gasteiger partial charge in [0.25, 0.3) is 0 Å². The van der Waals surface area contributed by atoms with Crippen molar-refractivity contribution in [3.05, 3.63) is 16.5 Å². The third-order valence-electron chi connectivity index (χ3n) is 3.81. The van der Waals surface area contributed by atoms with Gasteiger partial charge in [-0.15, -0.1) is 0 Å². The second-order valence-corrected chi connectivity index (χ2v) is 5.67. The fourth-order valence-corrected chi connectivity index (χ4v) is 2.90. The third-order valence-corrected chi connectivity index (χ3v) is 4.10. The van der Waals surface area contributed by atoms with Crippen LogP contribution in [0, 0.1) is 12.8 Å². The van der Waals surface area contributed by atoms with Crippen molar-refractivity contribution in [1.82, 2.24) is 9.97 Å². The largest absolute Gasteiger partial charge is 0.366 e. The summed E-state index contributed by atoms with van der Waals surface area (Å²) in [5.74, 6) is 1.74. The molecular weight excluding hydrogens is 262 g/mol. The van der Waals surface area contributed by atoms with Crippen molar-refractivity contribution in [2.75, 3.05) is 5.32 Å². The van der Waals surface area contributed by atoms with Crippen LogP contribution in [0.2, 0.25) is 5.15 Å². The third kappa shape index (κ3) is 3.44. The quantitative estimate of drug-likeness (QED) is 0.522. The Hall–Kier alpha value is -1.16. The van der Waals surface area contributed by atoms with Gasteiger partial charge in [-0.25, -0.2) is 9.97 Å². The molecule has 104 valence electrons. The van der Waals surface area contributed by atoms with Crippen LogP contribution in [-0.4, -0.2) is 22.3 Å². The molecule has 1 aromatic rings. The summed E-state index contributed by atoms with van der Waals surface area (Å²) in [6, 6.07) is 0.353. The monoisotopic (exact) mass is 281 g/mol. The van der Waals surface area contributed by atoms with Gasteiger partial charge in [-0.05, 0) is 25.7 Å². The van der Waals surface area contributed by atoms with E-state index in [4.69, 9.17) is 11.6 Å². The normalized spacial score (nSPS) is 23.7. The zero-order valence-corrected chi connectivity index (χ0v) is 12.2. The number of halogens is 1. The zero-order valence-electron chi connectivity index (χ0n) is 11.4. The van der Waals surface area contributed by atoms with E-state index in [0.717, 1.165) is 12.7 Å². The number of carbonyl (C=O) groups is 1. The summed E-state index contributed by atoms with van der Waals surface area (Å²) in [7, 11) is 0. The van der Waals surface area contributed by atoms with E-state index in [1.165, 1.54) is 25.7 Å². The molecule has 1 fully saturated rings. The van der Waals surface area contributed by atoms with Gasteiger partial charge >= 0.3 is 0 Å². The Morgan fingerprint density at radius 3 is 2.74 bits per heavy atom. The molecule has 1 heterocycles. The average molecular weight is 282 g/mol. The van der Waals surface area contributed by atoms with Crippen LogP contribution < -0.4 is 5.32 Å². The molecule has 2 rings (SSSR count). The highest BCUT2D eigenvalue weighted by Crippen LogP contribution is 2.27. The Morgan fingerprint density at radius 2 is 2.00 bits per heavy atom. The molecule has 0 aliphatic heterocycles. The molecule has 0 spiro atoms. The number of hydrogen-bond acceptors (Lipinski definition) is 4. The second kappa shape index (κ2) is 6.33. The Kier molecular flexibility index (Phi) is 4.75. The van der Waals surface area contributed by atoms with Gasteiger partial charge in [-0.2, -0.15) is 0 Å². The van der Waals surface area contributed by atoms with Gasteiger partial charge < -0.3 is 5.32 Å². The molecule has 1 saturated carbocycles. The average Bonchev–Trinajstić information content (AvgIpc) is 2.54.